The highest BCUT2D eigenvalue weighted by Crippen LogP contribution is 2.67. The van der Waals surface area contributed by atoms with Crippen LogP contribution < -0.4 is 0 Å². The molecule has 0 saturated heterocycles. The van der Waals surface area contributed by atoms with Gasteiger partial charge in [-0.2, -0.15) is 0 Å². The van der Waals surface area contributed by atoms with E-state index in [1.807, 2.05) is 13.0 Å². The largest absolute Gasteiger partial charge is 0.481 e. The first-order valence-electron chi connectivity index (χ1n) is 15.1. The van der Waals surface area contributed by atoms with Crippen molar-refractivity contribution in [1.29, 1.82) is 0 Å². The molecule has 12 nitrogen and oxygen atoms in total. The molecule has 3 fully saturated rings. The van der Waals surface area contributed by atoms with Gasteiger partial charge in [-0.1, -0.05) is 45.8 Å². The lowest BCUT2D eigenvalue weighted by Crippen LogP contribution is -2.56. The first-order chi connectivity index (χ1) is 20.2. The molecule has 0 aliphatic heterocycles. The van der Waals surface area contributed by atoms with Crippen molar-refractivity contribution in [2.45, 2.75) is 78.7 Å². The molecule has 0 amide bonds. The summed E-state index contributed by atoms with van der Waals surface area (Å²) in [5.74, 6) is -1.35. The third-order valence-electron chi connectivity index (χ3n) is 9.95. The maximum absolute atomic E-state index is 13.3. The minimum Gasteiger partial charge on any atom is -0.481 e. The van der Waals surface area contributed by atoms with Gasteiger partial charge in [-0.15, -0.1) is 10.1 Å². The summed E-state index contributed by atoms with van der Waals surface area (Å²) in [6, 6.07) is 0. The van der Waals surface area contributed by atoms with Crippen LogP contribution in [0, 0.1) is 50.5 Å². The average Bonchev–Trinajstić information content (AvgIpc) is 3.20. The number of allylic oxidation sites excluding steroid dienone is 4. The first-order valence-corrected chi connectivity index (χ1v) is 15.1. The number of carboxylic acids is 1. The molecule has 240 valence electrons. The van der Waals surface area contributed by atoms with E-state index in [2.05, 4.69) is 25.6 Å². The van der Waals surface area contributed by atoms with Crippen LogP contribution in [0.3, 0.4) is 0 Å². The number of carboxylic acid groups (broad SMARTS) is 1. The summed E-state index contributed by atoms with van der Waals surface area (Å²) in [6.07, 6.45) is 9.83. The molecule has 8 atom stereocenters. The number of hydrogen-bond acceptors (Lipinski definition) is 10. The van der Waals surface area contributed by atoms with Crippen LogP contribution in [0.4, 0.5) is 0 Å². The van der Waals surface area contributed by atoms with E-state index in [4.69, 9.17) is 14.6 Å². The van der Waals surface area contributed by atoms with E-state index in [0.717, 1.165) is 37.7 Å². The lowest BCUT2D eigenvalue weighted by atomic mass is 9.46. The number of aliphatic hydroxyl groups excluding tert-OH is 1. The highest BCUT2D eigenvalue weighted by molar-refractivity contribution is 6.01. The summed E-state index contributed by atoms with van der Waals surface area (Å²) >= 11 is 0. The first kappa shape index (κ1) is 34.4. The second-order valence-electron chi connectivity index (χ2n) is 12.7. The SMILES string of the molecule is CC1CC2C3CCC4=CC(=O)C=CC4(C)C3C(O)CC2(C)C1C(=O)COC(=O)COCCO[N+](=O)[O-].CCCCC(=O)O. The summed E-state index contributed by atoms with van der Waals surface area (Å²) < 4.78 is 10.1. The van der Waals surface area contributed by atoms with E-state index < -0.39 is 35.2 Å². The van der Waals surface area contributed by atoms with E-state index in [0.29, 0.717) is 12.8 Å². The molecule has 2 N–H and O–H groups in total. The van der Waals surface area contributed by atoms with Crippen LogP contribution in [0.2, 0.25) is 0 Å². The van der Waals surface area contributed by atoms with Gasteiger partial charge in [0.1, 0.15) is 19.8 Å². The topological polar surface area (TPSA) is 180 Å². The summed E-state index contributed by atoms with van der Waals surface area (Å²) in [5, 5.41) is 28.7. The molecule has 43 heavy (non-hydrogen) atoms. The molecule has 8 unspecified atom stereocenters. The number of fused-ring (bicyclic) bond motifs is 5. The van der Waals surface area contributed by atoms with Crippen LogP contribution in [0.25, 0.3) is 0 Å². The Morgan fingerprint density at radius 2 is 1.91 bits per heavy atom. The molecule has 0 bridgehead atoms. The Kier molecular flexibility index (Phi) is 11.6. The Balaban J connectivity index is 0.000000646. The van der Waals surface area contributed by atoms with Crippen LogP contribution in [0.5, 0.6) is 0 Å². The molecule has 0 radical (unpaired) electrons. The maximum atomic E-state index is 13.3. The number of unbranched alkanes of at least 4 members (excludes halogenated alkanes) is 1. The molecule has 12 heteroatoms. The number of carbonyl (C=O) groups is 4. The predicted octanol–water partition coefficient (Wildman–Crippen LogP) is 3.73. The monoisotopic (exact) mass is 607 g/mol. The molecule has 0 aromatic heterocycles. The lowest BCUT2D eigenvalue weighted by Gasteiger charge is -2.58. The van der Waals surface area contributed by atoms with Gasteiger partial charge in [0.15, 0.2) is 11.6 Å². The third kappa shape index (κ3) is 7.89. The Morgan fingerprint density at radius 3 is 2.53 bits per heavy atom. The van der Waals surface area contributed by atoms with E-state index in [-0.39, 0.29) is 66.4 Å². The van der Waals surface area contributed by atoms with Gasteiger partial charge in [-0.25, -0.2) is 4.79 Å². The smallest absolute Gasteiger partial charge is 0.332 e. The number of Topliss-reactive ketones (excluding diaryl/α,β-unsaturated/α-hetero) is 1. The van der Waals surface area contributed by atoms with Crippen LogP contribution in [-0.4, -0.2) is 71.3 Å². The second kappa shape index (κ2) is 14.6. The van der Waals surface area contributed by atoms with Crippen molar-refractivity contribution < 1.29 is 48.8 Å². The summed E-state index contributed by atoms with van der Waals surface area (Å²) in [7, 11) is 0. The van der Waals surface area contributed by atoms with Gasteiger partial charge in [0.25, 0.3) is 5.09 Å². The van der Waals surface area contributed by atoms with E-state index >= 15 is 0 Å². The minimum absolute atomic E-state index is 0.000978. The minimum atomic E-state index is -0.947. The molecule has 0 aromatic rings. The zero-order valence-electron chi connectivity index (χ0n) is 25.5. The molecule has 0 aromatic carbocycles. The van der Waals surface area contributed by atoms with Crippen molar-refractivity contribution in [3.63, 3.8) is 0 Å². The number of carbonyl (C=O) groups excluding carboxylic acids is 3. The quantitative estimate of drug-likeness (QED) is 0.143. The average molecular weight is 608 g/mol. The van der Waals surface area contributed by atoms with Gasteiger partial charge in [-0.3, -0.25) is 14.4 Å². The Morgan fingerprint density at radius 1 is 1.19 bits per heavy atom. The van der Waals surface area contributed by atoms with Crippen LogP contribution in [-0.2, 0) is 33.5 Å². The molecular formula is C31H45NO11. The highest BCUT2D eigenvalue weighted by Gasteiger charge is 2.64. The van der Waals surface area contributed by atoms with Crippen molar-refractivity contribution in [3.8, 4) is 0 Å². The standard InChI is InChI=1S/C26H35NO9.C5H10O2/c1-15-10-19-18-5-4-16-11-17(28)6-7-25(16,2)24(18)20(29)12-26(19,3)23(15)21(30)13-35-22(31)14-34-8-9-36-27(32)33;1-2-3-4-5(6)7/h6-7,11,15,18-20,23-24,29H,4-5,8-10,12-14H2,1-3H3;2-4H2,1H3,(H,6,7). The number of hydrogen-bond donors (Lipinski definition) is 2. The molecule has 3 saturated carbocycles. The molecule has 4 aliphatic rings. The molecule has 0 spiro atoms. The van der Waals surface area contributed by atoms with Crippen molar-refractivity contribution in [3.05, 3.63) is 33.9 Å². The normalized spacial score (nSPS) is 34.0. The highest BCUT2D eigenvalue weighted by atomic mass is 17.0. The fourth-order valence-electron chi connectivity index (χ4n) is 8.32. The molecule has 4 rings (SSSR count). The zero-order valence-corrected chi connectivity index (χ0v) is 25.5. The van der Waals surface area contributed by atoms with Gasteiger partial charge >= 0.3 is 11.9 Å². The van der Waals surface area contributed by atoms with Crippen molar-refractivity contribution in [2.24, 2.45) is 40.4 Å². The van der Waals surface area contributed by atoms with E-state index in [1.54, 1.807) is 12.2 Å². The molecule has 4 aliphatic carbocycles. The molecular weight excluding hydrogens is 562 g/mol. The van der Waals surface area contributed by atoms with Crippen LogP contribution in [0.1, 0.15) is 72.6 Å². The summed E-state index contributed by atoms with van der Waals surface area (Å²) in [4.78, 5) is 61.2. The Hall–Kier alpha value is -3.12. The zero-order chi connectivity index (χ0) is 31.9. The number of aliphatic carboxylic acids is 1. The lowest BCUT2D eigenvalue weighted by molar-refractivity contribution is -0.758. The van der Waals surface area contributed by atoms with E-state index in [1.165, 1.54) is 0 Å². The molecule has 0 heterocycles. The van der Waals surface area contributed by atoms with Gasteiger partial charge in [0.2, 0.25) is 0 Å². The number of aliphatic hydroxyl groups is 1. The Labute approximate surface area is 251 Å². The van der Waals surface area contributed by atoms with Crippen LogP contribution >= 0.6 is 0 Å². The number of nitrogens with zero attached hydrogens (tertiary/aromatic N) is 1. The van der Waals surface area contributed by atoms with E-state index in [9.17, 15) is 34.4 Å². The fraction of sp³-hybridized carbons (Fsp3) is 0.742. The second-order valence-corrected chi connectivity index (χ2v) is 12.7. The van der Waals surface area contributed by atoms with Crippen molar-refractivity contribution in [2.75, 3.05) is 26.4 Å². The fourth-order valence-corrected chi connectivity index (χ4v) is 8.32. The summed E-state index contributed by atoms with van der Waals surface area (Å²) in [6.45, 7) is 7.00. The number of esters is 1. The van der Waals surface area contributed by atoms with Crippen molar-refractivity contribution in [1.82, 2.24) is 0 Å². The van der Waals surface area contributed by atoms with Gasteiger partial charge < -0.3 is 24.5 Å². The maximum Gasteiger partial charge on any atom is 0.332 e. The number of ketones is 2. The van der Waals surface area contributed by atoms with Crippen molar-refractivity contribution >= 4 is 23.5 Å². The number of rotatable bonds is 12. The van der Waals surface area contributed by atoms with Gasteiger partial charge in [0, 0.05) is 23.7 Å². The van der Waals surface area contributed by atoms with Crippen LogP contribution in [0.15, 0.2) is 23.8 Å². The third-order valence-corrected chi connectivity index (χ3v) is 9.95. The number of ether oxygens (including phenoxy) is 2. The van der Waals surface area contributed by atoms with Gasteiger partial charge in [0.05, 0.1) is 12.7 Å². The Bertz CT molecular complexity index is 1130. The predicted molar refractivity (Wildman–Crippen MR) is 153 cm³/mol. The summed E-state index contributed by atoms with van der Waals surface area (Å²) in [5.41, 5.74) is 0.325. The van der Waals surface area contributed by atoms with Gasteiger partial charge in [-0.05, 0) is 67.4 Å².